The maximum Gasteiger partial charge on any atom is 0.282 e. The third kappa shape index (κ3) is 3.76. The van der Waals surface area contributed by atoms with Gasteiger partial charge in [0.05, 0.1) is 40.7 Å². The van der Waals surface area contributed by atoms with Gasteiger partial charge >= 0.3 is 0 Å². The van der Waals surface area contributed by atoms with Gasteiger partial charge in [-0.05, 0) is 28.9 Å². The number of aromatic nitrogens is 2. The van der Waals surface area contributed by atoms with E-state index in [0.717, 1.165) is 17.0 Å². The van der Waals surface area contributed by atoms with Crippen LogP contribution in [0.2, 0.25) is 0 Å². The summed E-state index contributed by atoms with van der Waals surface area (Å²) < 4.78 is 11.6. The predicted octanol–water partition coefficient (Wildman–Crippen LogP) is 2.98. The zero-order valence-electron chi connectivity index (χ0n) is 15.5. The number of benzene rings is 2. The molecule has 0 fully saturated rings. The van der Waals surface area contributed by atoms with Crippen LogP contribution in [0.25, 0.3) is 10.9 Å². The van der Waals surface area contributed by atoms with Crippen molar-refractivity contribution in [1.82, 2.24) is 9.66 Å². The van der Waals surface area contributed by atoms with E-state index in [-0.39, 0.29) is 32.7 Å². The van der Waals surface area contributed by atoms with Gasteiger partial charge in [0.25, 0.3) is 11.2 Å². The van der Waals surface area contributed by atoms with Crippen LogP contribution in [0.1, 0.15) is 11.4 Å². The summed E-state index contributed by atoms with van der Waals surface area (Å²) in [5, 5.41) is 25.5. The van der Waals surface area contributed by atoms with E-state index in [1.165, 1.54) is 26.4 Å². The maximum absolute atomic E-state index is 12.9. The van der Waals surface area contributed by atoms with Gasteiger partial charge in [-0.25, -0.2) is 4.98 Å². The highest BCUT2D eigenvalue weighted by molar-refractivity contribution is 9.10. The van der Waals surface area contributed by atoms with Crippen molar-refractivity contribution >= 4 is 38.7 Å². The van der Waals surface area contributed by atoms with Crippen molar-refractivity contribution in [1.29, 1.82) is 0 Å². The number of rotatable bonds is 5. The second kappa shape index (κ2) is 7.87. The van der Waals surface area contributed by atoms with Crippen molar-refractivity contribution in [3.05, 3.63) is 60.6 Å². The lowest BCUT2D eigenvalue weighted by Gasteiger charge is -2.10. The molecule has 3 rings (SSSR count). The molecule has 1 N–H and O–H groups in total. The van der Waals surface area contributed by atoms with Gasteiger partial charge in [-0.3, -0.25) is 14.9 Å². The van der Waals surface area contributed by atoms with Gasteiger partial charge in [0.1, 0.15) is 11.6 Å². The summed E-state index contributed by atoms with van der Waals surface area (Å²) in [7, 11) is 2.93. The highest BCUT2D eigenvalue weighted by Crippen LogP contribution is 2.32. The van der Waals surface area contributed by atoms with Crippen LogP contribution in [0.5, 0.6) is 17.2 Å². The van der Waals surface area contributed by atoms with E-state index < -0.39 is 10.5 Å². The molecule has 0 aliphatic carbocycles. The normalized spacial score (nSPS) is 11.2. The molecule has 0 radical (unpaired) electrons. The average molecular weight is 463 g/mol. The Morgan fingerprint density at radius 3 is 2.52 bits per heavy atom. The lowest BCUT2D eigenvalue weighted by atomic mass is 10.2. The first-order valence-electron chi connectivity index (χ1n) is 8.13. The SMILES string of the molecule is COc1cc2nc(C)n(/N=C/c3cc([N+](=O)[O-])cc(Br)c3O)c(=O)c2cc1OC. The number of phenolic OH excluding ortho intramolecular Hbond substituents is 1. The minimum Gasteiger partial charge on any atom is -0.506 e. The Hall–Kier alpha value is -3.47. The third-order valence-corrected chi connectivity index (χ3v) is 4.72. The fraction of sp³-hybridized carbons (Fsp3) is 0.167. The number of hydrogen-bond donors (Lipinski definition) is 1. The molecule has 0 saturated heterocycles. The number of ether oxygens (including phenoxy) is 2. The molecule has 150 valence electrons. The number of halogens is 1. The number of fused-ring (bicyclic) bond motifs is 1. The zero-order chi connectivity index (χ0) is 21.3. The molecule has 0 spiro atoms. The van der Waals surface area contributed by atoms with Gasteiger partial charge < -0.3 is 14.6 Å². The van der Waals surface area contributed by atoms with Crippen LogP contribution in [0.15, 0.2) is 38.6 Å². The summed E-state index contributed by atoms with van der Waals surface area (Å²) in [5.41, 5.74) is -0.260. The van der Waals surface area contributed by atoms with Gasteiger partial charge in [0, 0.05) is 23.8 Å². The van der Waals surface area contributed by atoms with Crippen LogP contribution in [-0.2, 0) is 0 Å². The Morgan fingerprint density at radius 1 is 1.24 bits per heavy atom. The van der Waals surface area contributed by atoms with Crippen LogP contribution < -0.4 is 15.0 Å². The van der Waals surface area contributed by atoms with Crippen LogP contribution in [-0.4, -0.2) is 40.1 Å². The number of nitro benzene ring substituents is 1. The zero-order valence-corrected chi connectivity index (χ0v) is 17.1. The van der Waals surface area contributed by atoms with Gasteiger partial charge in [-0.1, -0.05) is 0 Å². The van der Waals surface area contributed by atoms with Crippen molar-refractivity contribution in [2.75, 3.05) is 14.2 Å². The van der Waals surface area contributed by atoms with Crippen molar-refractivity contribution in [2.24, 2.45) is 5.10 Å². The van der Waals surface area contributed by atoms with Crippen molar-refractivity contribution < 1.29 is 19.5 Å². The molecule has 0 aliphatic rings. The molecule has 11 heteroatoms. The molecule has 10 nitrogen and oxygen atoms in total. The van der Waals surface area contributed by atoms with E-state index in [9.17, 15) is 20.0 Å². The van der Waals surface area contributed by atoms with E-state index in [1.807, 2.05) is 0 Å². The Morgan fingerprint density at radius 2 is 1.90 bits per heavy atom. The Balaban J connectivity index is 2.16. The van der Waals surface area contributed by atoms with Gasteiger partial charge in [0.2, 0.25) is 0 Å². The summed E-state index contributed by atoms with van der Waals surface area (Å²) in [6.45, 7) is 1.58. The molecule has 0 aliphatic heterocycles. The molecule has 0 bridgehead atoms. The van der Waals surface area contributed by atoms with E-state index in [0.29, 0.717) is 17.0 Å². The number of nitrogens with zero attached hydrogens (tertiary/aromatic N) is 4. The number of aromatic hydroxyl groups is 1. The van der Waals surface area contributed by atoms with E-state index in [4.69, 9.17) is 9.47 Å². The summed E-state index contributed by atoms with van der Waals surface area (Å²) in [6.07, 6.45) is 1.15. The highest BCUT2D eigenvalue weighted by Gasteiger charge is 2.15. The first-order valence-corrected chi connectivity index (χ1v) is 8.92. The second-order valence-corrected chi connectivity index (χ2v) is 6.72. The fourth-order valence-corrected chi connectivity index (χ4v) is 3.14. The first-order chi connectivity index (χ1) is 13.8. The molecule has 3 aromatic rings. The molecule has 0 unspecified atom stereocenters. The third-order valence-electron chi connectivity index (χ3n) is 4.11. The molecule has 2 aromatic carbocycles. The van der Waals surface area contributed by atoms with Crippen LogP contribution in [0, 0.1) is 17.0 Å². The summed E-state index contributed by atoms with van der Waals surface area (Å²) in [6, 6.07) is 5.39. The van der Waals surface area contributed by atoms with Gasteiger partial charge in [0.15, 0.2) is 11.5 Å². The highest BCUT2D eigenvalue weighted by atomic mass is 79.9. The smallest absolute Gasteiger partial charge is 0.282 e. The number of nitro groups is 1. The topological polar surface area (TPSA) is 129 Å². The van der Waals surface area contributed by atoms with E-state index in [2.05, 4.69) is 26.0 Å². The minimum absolute atomic E-state index is 0.0600. The van der Waals surface area contributed by atoms with Gasteiger partial charge in [-0.2, -0.15) is 9.78 Å². The molecule has 0 amide bonds. The molecule has 0 atom stereocenters. The quantitative estimate of drug-likeness (QED) is 0.350. The molecule has 29 heavy (non-hydrogen) atoms. The Bertz CT molecular complexity index is 1220. The van der Waals surface area contributed by atoms with Gasteiger partial charge in [-0.15, -0.1) is 0 Å². The standard InChI is InChI=1S/C18H15BrN4O6/c1-9-21-14-7-16(29-3)15(28-2)6-12(14)18(25)22(9)20-8-10-4-11(23(26)27)5-13(19)17(10)24/h4-8,24H,1-3H3/b20-8+. The summed E-state index contributed by atoms with van der Waals surface area (Å²) >= 11 is 3.06. The summed E-state index contributed by atoms with van der Waals surface area (Å²) in [4.78, 5) is 27.7. The van der Waals surface area contributed by atoms with Crippen molar-refractivity contribution in [3.8, 4) is 17.2 Å². The van der Waals surface area contributed by atoms with Crippen LogP contribution in [0.3, 0.4) is 0 Å². The molecular formula is C18H15BrN4O6. The van der Waals surface area contributed by atoms with Crippen molar-refractivity contribution in [3.63, 3.8) is 0 Å². The predicted molar refractivity (Wildman–Crippen MR) is 109 cm³/mol. The Kier molecular flexibility index (Phi) is 5.50. The minimum atomic E-state index is -0.601. The molecule has 0 saturated carbocycles. The number of aryl methyl sites for hydroxylation is 1. The number of phenols is 1. The van der Waals surface area contributed by atoms with Crippen LogP contribution >= 0.6 is 15.9 Å². The lowest BCUT2D eigenvalue weighted by molar-refractivity contribution is -0.385. The number of hydrogen-bond acceptors (Lipinski definition) is 8. The first kappa shape index (κ1) is 20.3. The average Bonchev–Trinajstić information content (AvgIpc) is 2.69. The van der Waals surface area contributed by atoms with E-state index in [1.54, 1.807) is 13.0 Å². The fourth-order valence-electron chi connectivity index (χ4n) is 2.68. The van der Waals surface area contributed by atoms with Crippen LogP contribution in [0.4, 0.5) is 5.69 Å². The monoisotopic (exact) mass is 462 g/mol. The molecular weight excluding hydrogens is 448 g/mol. The van der Waals surface area contributed by atoms with E-state index >= 15 is 0 Å². The second-order valence-electron chi connectivity index (χ2n) is 5.87. The number of non-ortho nitro benzene ring substituents is 1. The number of methoxy groups -OCH3 is 2. The molecule has 1 heterocycles. The molecule has 1 aromatic heterocycles. The largest absolute Gasteiger partial charge is 0.506 e. The maximum atomic E-state index is 12.9. The Labute approximate surface area is 172 Å². The lowest BCUT2D eigenvalue weighted by Crippen LogP contribution is -2.20. The summed E-state index contributed by atoms with van der Waals surface area (Å²) in [5.74, 6) is 0.817. The van der Waals surface area contributed by atoms with Crippen molar-refractivity contribution in [2.45, 2.75) is 6.92 Å².